The first-order chi connectivity index (χ1) is 13.9. The van der Waals surface area contributed by atoms with Crippen molar-refractivity contribution >= 4 is 29.2 Å². The number of hydrogen-bond donors (Lipinski definition) is 2. The summed E-state index contributed by atoms with van der Waals surface area (Å²) >= 11 is 0. The SMILES string of the molecule is CN(C(=O)c1ccc(C(=O)Oc2ccc(N=C(N)N)cc2)cc1)c1ccccc1. The number of hydrogen-bond acceptors (Lipinski definition) is 4. The lowest BCUT2D eigenvalue weighted by atomic mass is 10.1. The average Bonchev–Trinajstić information content (AvgIpc) is 2.74. The molecule has 0 atom stereocenters. The third-order valence-corrected chi connectivity index (χ3v) is 4.12. The van der Waals surface area contributed by atoms with Gasteiger partial charge in [-0.1, -0.05) is 18.2 Å². The molecule has 0 aromatic heterocycles. The predicted octanol–water partition coefficient (Wildman–Crippen LogP) is 3.09. The van der Waals surface area contributed by atoms with Gasteiger partial charge in [0.1, 0.15) is 5.75 Å². The van der Waals surface area contributed by atoms with E-state index in [1.807, 2.05) is 30.3 Å². The van der Waals surface area contributed by atoms with Gasteiger partial charge in [0, 0.05) is 18.3 Å². The molecule has 3 aromatic carbocycles. The Hall–Kier alpha value is -4.13. The molecule has 3 rings (SSSR count). The first-order valence-corrected chi connectivity index (χ1v) is 8.79. The lowest BCUT2D eigenvalue weighted by Gasteiger charge is -2.17. The number of ether oxygens (including phenoxy) is 1. The highest BCUT2D eigenvalue weighted by Gasteiger charge is 2.15. The summed E-state index contributed by atoms with van der Waals surface area (Å²) in [6.07, 6.45) is 0. The van der Waals surface area contributed by atoms with Gasteiger partial charge in [-0.2, -0.15) is 0 Å². The third kappa shape index (κ3) is 4.98. The van der Waals surface area contributed by atoms with Crippen molar-refractivity contribution in [3.8, 4) is 5.75 Å². The number of rotatable bonds is 5. The molecule has 0 bridgehead atoms. The van der Waals surface area contributed by atoms with Gasteiger partial charge in [-0.05, 0) is 60.7 Å². The molecule has 0 saturated carbocycles. The number of carbonyl (C=O) groups excluding carboxylic acids is 2. The van der Waals surface area contributed by atoms with Crippen LogP contribution < -0.4 is 21.1 Å². The first-order valence-electron chi connectivity index (χ1n) is 8.79. The quantitative estimate of drug-likeness (QED) is 0.302. The molecule has 3 aromatic rings. The Labute approximate surface area is 168 Å². The molecule has 1 amide bonds. The highest BCUT2D eigenvalue weighted by molar-refractivity contribution is 6.06. The second-order valence-corrected chi connectivity index (χ2v) is 6.20. The molecule has 0 aliphatic heterocycles. The number of esters is 1. The Morgan fingerprint density at radius 2 is 1.41 bits per heavy atom. The van der Waals surface area contributed by atoms with Crippen molar-refractivity contribution in [3.05, 3.63) is 90.0 Å². The zero-order valence-corrected chi connectivity index (χ0v) is 15.8. The molecule has 4 N–H and O–H groups in total. The first kappa shape index (κ1) is 19.6. The molecule has 29 heavy (non-hydrogen) atoms. The number of aliphatic imine (C=N–C) groups is 1. The van der Waals surface area contributed by atoms with Crippen LogP contribution in [0.2, 0.25) is 0 Å². The summed E-state index contributed by atoms with van der Waals surface area (Å²) in [4.78, 5) is 30.4. The zero-order chi connectivity index (χ0) is 20.8. The molecule has 0 fully saturated rings. The van der Waals surface area contributed by atoms with E-state index in [1.54, 1.807) is 60.5 Å². The smallest absolute Gasteiger partial charge is 0.343 e. The van der Waals surface area contributed by atoms with Gasteiger partial charge in [-0.3, -0.25) is 4.79 Å². The van der Waals surface area contributed by atoms with Crippen LogP contribution in [0.15, 0.2) is 83.9 Å². The van der Waals surface area contributed by atoms with E-state index >= 15 is 0 Å². The van der Waals surface area contributed by atoms with E-state index in [9.17, 15) is 9.59 Å². The molecular formula is C22H20N4O3. The van der Waals surface area contributed by atoms with Gasteiger partial charge >= 0.3 is 5.97 Å². The van der Waals surface area contributed by atoms with Gasteiger partial charge < -0.3 is 21.1 Å². The summed E-state index contributed by atoms with van der Waals surface area (Å²) in [5, 5.41) is 0. The summed E-state index contributed by atoms with van der Waals surface area (Å²) < 4.78 is 5.33. The van der Waals surface area contributed by atoms with E-state index in [-0.39, 0.29) is 11.9 Å². The lowest BCUT2D eigenvalue weighted by molar-refractivity contribution is 0.0734. The maximum absolute atomic E-state index is 12.6. The van der Waals surface area contributed by atoms with E-state index < -0.39 is 5.97 Å². The fourth-order valence-electron chi connectivity index (χ4n) is 2.62. The summed E-state index contributed by atoms with van der Waals surface area (Å²) in [5.41, 5.74) is 12.8. The van der Waals surface area contributed by atoms with Crippen LogP contribution in [0.4, 0.5) is 11.4 Å². The van der Waals surface area contributed by atoms with Crippen LogP contribution in [0.1, 0.15) is 20.7 Å². The number of guanidine groups is 1. The van der Waals surface area contributed by atoms with Crippen molar-refractivity contribution < 1.29 is 14.3 Å². The van der Waals surface area contributed by atoms with Gasteiger partial charge in [0.2, 0.25) is 0 Å². The molecule has 0 aliphatic rings. The van der Waals surface area contributed by atoms with E-state index in [4.69, 9.17) is 16.2 Å². The highest BCUT2D eigenvalue weighted by atomic mass is 16.5. The number of nitrogens with two attached hydrogens (primary N) is 2. The molecule has 0 aliphatic carbocycles. The molecule has 0 unspecified atom stereocenters. The van der Waals surface area contributed by atoms with Crippen LogP contribution in [0.3, 0.4) is 0 Å². The van der Waals surface area contributed by atoms with Crippen LogP contribution >= 0.6 is 0 Å². The maximum atomic E-state index is 12.6. The monoisotopic (exact) mass is 388 g/mol. The van der Waals surface area contributed by atoms with E-state index in [0.717, 1.165) is 5.69 Å². The van der Waals surface area contributed by atoms with Crippen LogP contribution in [0.25, 0.3) is 0 Å². The molecule has 0 heterocycles. The van der Waals surface area contributed by atoms with E-state index in [1.165, 1.54) is 0 Å². The summed E-state index contributed by atoms with van der Waals surface area (Å²) in [6, 6.07) is 22.1. The normalized spacial score (nSPS) is 10.1. The van der Waals surface area contributed by atoms with E-state index in [0.29, 0.717) is 22.6 Å². The summed E-state index contributed by atoms with van der Waals surface area (Å²) in [7, 11) is 1.70. The molecule has 146 valence electrons. The Morgan fingerprint density at radius 1 is 0.828 bits per heavy atom. The molecule has 7 nitrogen and oxygen atoms in total. The van der Waals surface area contributed by atoms with Crippen molar-refractivity contribution in [1.82, 2.24) is 0 Å². The predicted molar refractivity (Wildman–Crippen MR) is 112 cm³/mol. The second kappa shape index (κ2) is 8.71. The number of benzene rings is 3. The Kier molecular flexibility index (Phi) is 5.89. The fraction of sp³-hybridized carbons (Fsp3) is 0.0455. The van der Waals surface area contributed by atoms with Gasteiger partial charge in [-0.15, -0.1) is 0 Å². The largest absolute Gasteiger partial charge is 0.423 e. The number of carbonyl (C=O) groups is 2. The average molecular weight is 388 g/mol. The van der Waals surface area contributed by atoms with Gasteiger partial charge in [0.05, 0.1) is 11.3 Å². The number of amides is 1. The van der Waals surface area contributed by atoms with Crippen LogP contribution in [0, 0.1) is 0 Å². The minimum Gasteiger partial charge on any atom is -0.423 e. The summed E-state index contributed by atoms with van der Waals surface area (Å²) in [5.74, 6) is -0.405. The molecule has 0 saturated heterocycles. The molecule has 7 heteroatoms. The van der Waals surface area contributed by atoms with E-state index in [2.05, 4.69) is 4.99 Å². The van der Waals surface area contributed by atoms with Crippen molar-refractivity contribution in [2.24, 2.45) is 16.5 Å². The Morgan fingerprint density at radius 3 is 2.00 bits per heavy atom. The van der Waals surface area contributed by atoms with Gasteiger partial charge in [0.15, 0.2) is 5.96 Å². The Bertz CT molecular complexity index is 1030. The molecular weight excluding hydrogens is 368 g/mol. The standard InChI is InChI=1S/C22H20N4O3/c1-26(18-5-3-2-4-6-18)20(27)15-7-9-16(10-8-15)21(28)29-19-13-11-17(12-14-19)25-22(23)24/h2-14H,1H3,(H4,23,24,25). The van der Waals surface area contributed by atoms with Crippen molar-refractivity contribution in [2.75, 3.05) is 11.9 Å². The minimum absolute atomic E-state index is 0.0534. The van der Waals surface area contributed by atoms with Gasteiger partial charge in [0.25, 0.3) is 5.91 Å². The zero-order valence-electron chi connectivity index (χ0n) is 15.8. The third-order valence-electron chi connectivity index (χ3n) is 4.12. The fourth-order valence-corrected chi connectivity index (χ4v) is 2.62. The van der Waals surface area contributed by atoms with Gasteiger partial charge in [-0.25, -0.2) is 9.79 Å². The second-order valence-electron chi connectivity index (χ2n) is 6.20. The number of nitrogens with zero attached hydrogens (tertiary/aromatic N) is 2. The van der Waals surface area contributed by atoms with Crippen LogP contribution in [-0.4, -0.2) is 24.9 Å². The molecule has 0 spiro atoms. The lowest BCUT2D eigenvalue weighted by Crippen LogP contribution is -2.26. The molecule has 0 radical (unpaired) electrons. The minimum atomic E-state index is -0.532. The van der Waals surface area contributed by atoms with Crippen LogP contribution in [0.5, 0.6) is 5.75 Å². The highest BCUT2D eigenvalue weighted by Crippen LogP contribution is 2.20. The number of anilines is 1. The topological polar surface area (TPSA) is 111 Å². The van der Waals surface area contributed by atoms with Crippen molar-refractivity contribution in [3.63, 3.8) is 0 Å². The number of para-hydroxylation sites is 1. The van der Waals surface area contributed by atoms with Crippen LogP contribution in [-0.2, 0) is 0 Å². The van der Waals surface area contributed by atoms with Crippen molar-refractivity contribution in [2.45, 2.75) is 0 Å². The maximum Gasteiger partial charge on any atom is 0.343 e. The Balaban J connectivity index is 1.67. The summed E-state index contributed by atoms with van der Waals surface area (Å²) in [6.45, 7) is 0. The van der Waals surface area contributed by atoms with Crippen molar-refractivity contribution in [1.29, 1.82) is 0 Å².